The summed E-state index contributed by atoms with van der Waals surface area (Å²) in [4.78, 5) is 40.1. The van der Waals surface area contributed by atoms with Crippen LogP contribution in [0.2, 0.25) is 0 Å². The number of cyclic esters (lactones) is 2. The van der Waals surface area contributed by atoms with Gasteiger partial charge in [0, 0.05) is 13.8 Å². The molecule has 8 nitrogen and oxygen atoms in total. The summed E-state index contributed by atoms with van der Waals surface area (Å²) in [5.41, 5.74) is -0.398. The average Bonchev–Trinajstić information content (AvgIpc) is 3.30. The van der Waals surface area contributed by atoms with E-state index in [1.807, 2.05) is 24.3 Å². The van der Waals surface area contributed by atoms with Gasteiger partial charge in [0.25, 0.3) is 5.79 Å². The summed E-state index contributed by atoms with van der Waals surface area (Å²) in [5.74, 6) is -3.81. The number of fused-ring (bicyclic) bond motifs is 4. The van der Waals surface area contributed by atoms with Crippen molar-refractivity contribution in [2.24, 2.45) is 10.5 Å². The fourth-order valence-electron chi connectivity index (χ4n) is 4.94. The van der Waals surface area contributed by atoms with Crippen LogP contribution in [0.3, 0.4) is 0 Å². The van der Waals surface area contributed by atoms with Crippen LogP contribution < -0.4 is 0 Å². The molecule has 3 unspecified atom stereocenters. The number of esters is 2. The van der Waals surface area contributed by atoms with E-state index in [9.17, 15) is 14.4 Å². The molecule has 0 aliphatic carbocycles. The molecule has 1 aromatic carbocycles. The number of hydrogen-bond acceptors (Lipinski definition) is 8. The van der Waals surface area contributed by atoms with Crippen LogP contribution >= 0.6 is 0 Å². The Hall–Kier alpha value is -3.42. The Morgan fingerprint density at radius 2 is 1.77 bits per heavy atom. The highest BCUT2D eigenvalue weighted by Gasteiger charge is 2.75. The summed E-state index contributed by atoms with van der Waals surface area (Å²) in [5, 5.41) is 6.01. The SMILES string of the molecule is CC(=O)C1C(c2ccco2)C2(C(=O)OC(C)(C)OC2=O)C2c3ccccc3C=NN12. The standard InChI is InChI=1S/C22H20N2O6/c1-12(25)17-16(15-9-6-10-28-15)22(19(26)29-21(2,3)30-20(22)27)18-14-8-5-4-7-13(14)11-23-24(17)18/h4-11,16-18H,1-3H3. The van der Waals surface area contributed by atoms with Crippen LogP contribution in [0.5, 0.6) is 0 Å². The Kier molecular flexibility index (Phi) is 3.75. The van der Waals surface area contributed by atoms with Gasteiger partial charge in [0.05, 0.1) is 18.4 Å². The van der Waals surface area contributed by atoms with E-state index in [1.165, 1.54) is 32.0 Å². The van der Waals surface area contributed by atoms with Crippen molar-refractivity contribution in [3.63, 3.8) is 0 Å². The zero-order valence-electron chi connectivity index (χ0n) is 16.7. The van der Waals surface area contributed by atoms with E-state index < -0.39 is 41.1 Å². The predicted molar refractivity (Wildman–Crippen MR) is 103 cm³/mol. The molecule has 1 aromatic heterocycles. The van der Waals surface area contributed by atoms with Crippen molar-refractivity contribution in [2.45, 2.75) is 44.6 Å². The Balaban J connectivity index is 1.83. The van der Waals surface area contributed by atoms with Gasteiger partial charge in [-0.1, -0.05) is 24.3 Å². The summed E-state index contributed by atoms with van der Waals surface area (Å²) >= 11 is 0. The van der Waals surface area contributed by atoms with Gasteiger partial charge in [-0.15, -0.1) is 0 Å². The molecule has 154 valence electrons. The van der Waals surface area contributed by atoms with Crippen molar-refractivity contribution >= 4 is 23.9 Å². The van der Waals surface area contributed by atoms with Gasteiger partial charge in [0.1, 0.15) is 17.8 Å². The maximum atomic E-state index is 13.6. The largest absolute Gasteiger partial charge is 0.469 e. The molecule has 0 amide bonds. The van der Waals surface area contributed by atoms with Gasteiger partial charge in [-0.25, -0.2) is 0 Å². The van der Waals surface area contributed by atoms with Crippen molar-refractivity contribution in [1.82, 2.24) is 5.01 Å². The highest BCUT2D eigenvalue weighted by atomic mass is 16.7. The van der Waals surface area contributed by atoms with Crippen LogP contribution in [-0.4, -0.2) is 40.8 Å². The zero-order chi connectivity index (χ0) is 21.3. The summed E-state index contributed by atoms with van der Waals surface area (Å²) < 4.78 is 16.8. The van der Waals surface area contributed by atoms with E-state index in [-0.39, 0.29) is 5.78 Å². The monoisotopic (exact) mass is 408 g/mol. The second-order valence-electron chi connectivity index (χ2n) is 8.25. The van der Waals surface area contributed by atoms with E-state index in [2.05, 4.69) is 5.10 Å². The molecule has 3 aliphatic heterocycles. The predicted octanol–water partition coefficient (Wildman–Crippen LogP) is 2.55. The summed E-state index contributed by atoms with van der Waals surface area (Å²) in [6.45, 7) is 4.41. The summed E-state index contributed by atoms with van der Waals surface area (Å²) in [6.07, 6.45) is 3.07. The normalized spacial score (nSPS) is 28.0. The lowest BCUT2D eigenvalue weighted by molar-refractivity contribution is -0.254. The van der Waals surface area contributed by atoms with Crippen molar-refractivity contribution < 1.29 is 28.3 Å². The highest BCUT2D eigenvalue weighted by Crippen LogP contribution is 2.62. The van der Waals surface area contributed by atoms with Crippen molar-refractivity contribution in [3.8, 4) is 0 Å². The molecule has 3 aliphatic rings. The Labute approximate surface area is 172 Å². The molecule has 2 fully saturated rings. The smallest absolute Gasteiger partial charge is 0.330 e. The molecule has 4 heterocycles. The summed E-state index contributed by atoms with van der Waals surface area (Å²) in [7, 11) is 0. The van der Waals surface area contributed by atoms with E-state index in [1.54, 1.807) is 18.3 Å². The van der Waals surface area contributed by atoms with Crippen molar-refractivity contribution in [1.29, 1.82) is 0 Å². The van der Waals surface area contributed by atoms with Gasteiger partial charge in [-0.05, 0) is 30.2 Å². The van der Waals surface area contributed by atoms with Gasteiger partial charge in [0.15, 0.2) is 5.78 Å². The third-order valence-electron chi connectivity index (χ3n) is 6.03. The lowest BCUT2D eigenvalue weighted by Gasteiger charge is -2.43. The van der Waals surface area contributed by atoms with Gasteiger partial charge in [-0.3, -0.25) is 19.4 Å². The lowest BCUT2D eigenvalue weighted by atomic mass is 9.67. The van der Waals surface area contributed by atoms with E-state index in [0.717, 1.165) is 5.56 Å². The number of benzene rings is 1. The van der Waals surface area contributed by atoms with E-state index in [4.69, 9.17) is 13.9 Å². The number of carbonyl (C=O) groups is 3. The number of rotatable bonds is 2. The number of ketones is 1. The van der Waals surface area contributed by atoms with Crippen LogP contribution in [0.4, 0.5) is 0 Å². The first-order valence-corrected chi connectivity index (χ1v) is 9.69. The number of hydrogen-bond donors (Lipinski definition) is 0. The van der Waals surface area contributed by atoms with Gasteiger partial charge >= 0.3 is 11.9 Å². The van der Waals surface area contributed by atoms with Crippen LogP contribution in [0.25, 0.3) is 0 Å². The second kappa shape index (κ2) is 6.04. The fraction of sp³-hybridized carbons (Fsp3) is 0.364. The Bertz CT molecular complexity index is 1070. The number of nitrogens with zero attached hydrogens (tertiary/aromatic N) is 2. The number of furan rings is 1. The van der Waals surface area contributed by atoms with E-state index in [0.29, 0.717) is 11.3 Å². The topological polar surface area (TPSA) is 98.4 Å². The second-order valence-corrected chi connectivity index (χ2v) is 8.25. The first-order chi connectivity index (χ1) is 14.3. The molecule has 5 rings (SSSR count). The molecule has 2 aromatic rings. The van der Waals surface area contributed by atoms with Crippen LogP contribution in [-0.2, 0) is 23.9 Å². The number of hydrazone groups is 1. The molecule has 8 heteroatoms. The summed E-state index contributed by atoms with van der Waals surface area (Å²) in [6, 6.07) is 8.84. The molecule has 2 saturated heterocycles. The molecule has 0 N–H and O–H groups in total. The fourth-order valence-corrected chi connectivity index (χ4v) is 4.94. The maximum absolute atomic E-state index is 13.6. The molecule has 0 radical (unpaired) electrons. The van der Waals surface area contributed by atoms with Gasteiger partial charge in [0.2, 0.25) is 5.41 Å². The Morgan fingerprint density at radius 3 is 2.40 bits per heavy atom. The first kappa shape index (κ1) is 18.6. The minimum absolute atomic E-state index is 0.250. The molecule has 0 bridgehead atoms. The number of carbonyl (C=O) groups excluding carboxylic acids is 3. The van der Waals surface area contributed by atoms with Gasteiger partial charge in [-0.2, -0.15) is 5.10 Å². The minimum atomic E-state index is -1.85. The van der Waals surface area contributed by atoms with Crippen molar-refractivity contribution in [3.05, 3.63) is 59.5 Å². The maximum Gasteiger partial charge on any atom is 0.330 e. The first-order valence-electron chi connectivity index (χ1n) is 9.69. The zero-order valence-corrected chi connectivity index (χ0v) is 16.7. The number of ether oxygens (including phenoxy) is 2. The van der Waals surface area contributed by atoms with Crippen LogP contribution in [0, 0.1) is 5.41 Å². The van der Waals surface area contributed by atoms with Gasteiger partial charge < -0.3 is 13.9 Å². The van der Waals surface area contributed by atoms with E-state index >= 15 is 0 Å². The van der Waals surface area contributed by atoms with Crippen LogP contribution in [0.1, 0.15) is 49.6 Å². The minimum Gasteiger partial charge on any atom is -0.469 e. The quantitative estimate of drug-likeness (QED) is 0.556. The molecule has 3 atom stereocenters. The highest BCUT2D eigenvalue weighted by molar-refractivity contribution is 6.06. The average molecular weight is 408 g/mol. The van der Waals surface area contributed by atoms with Crippen LogP contribution in [0.15, 0.2) is 52.2 Å². The molecular weight excluding hydrogens is 388 g/mol. The third kappa shape index (κ3) is 2.27. The Morgan fingerprint density at radius 1 is 1.07 bits per heavy atom. The molecule has 30 heavy (non-hydrogen) atoms. The number of Topliss-reactive ketones (excluding diaryl/α,β-unsaturated/α-hetero) is 1. The molecular formula is C22H20N2O6. The lowest BCUT2D eigenvalue weighted by Crippen LogP contribution is -2.58. The molecule has 1 spiro atoms. The molecule has 0 saturated carbocycles. The van der Waals surface area contributed by atoms with Crippen molar-refractivity contribution in [2.75, 3.05) is 0 Å². The third-order valence-corrected chi connectivity index (χ3v) is 6.03.